The predicted molar refractivity (Wildman–Crippen MR) is 120 cm³/mol. The standard InChI is InChI=1S/C24H20ClNO4/c1-13-10-14(2)23-20(11-13)22(27)19-9-6-17(12-21(19)30-23)26-24(28)15(3)29-18-7-4-16(25)5-8-18/h4-12,15H,1-3H3,(H,26,28). The lowest BCUT2D eigenvalue weighted by Gasteiger charge is -2.15. The first-order valence-corrected chi connectivity index (χ1v) is 9.90. The quantitative estimate of drug-likeness (QED) is 0.434. The molecule has 1 atom stereocenters. The number of carbonyl (C=O) groups excluding carboxylic acids is 1. The fourth-order valence-electron chi connectivity index (χ4n) is 3.40. The molecule has 1 heterocycles. The van der Waals surface area contributed by atoms with E-state index >= 15 is 0 Å². The molecule has 1 unspecified atom stereocenters. The number of aryl methyl sites for hydroxylation is 2. The molecule has 0 bridgehead atoms. The number of anilines is 1. The average molecular weight is 422 g/mol. The monoisotopic (exact) mass is 421 g/mol. The number of nitrogens with one attached hydrogen (secondary N) is 1. The van der Waals surface area contributed by atoms with E-state index in [0.29, 0.717) is 38.4 Å². The van der Waals surface area contributed by atoms with Gasteiger partial charge in [-0.1, -0.05) is 17.7 Å². The second kappa shape index (κ2) is 7.84. The average Bonchev–Trinajstić information content (AvgIpc) is 2.70. The van der Waals surface area contributed by atoms with E-state index in [1.54, 1.807) is 49.4 Å². The number of ether oxygens (including phenoxy) is 1. The van der Waals surface area contributed by atoms with Crippen molar-refractivity contribution < 1.29 is 13.9 Å². The summed E-state index contributed by atoms with van der Waals surface area (Å²) in [6.45, 7) is 5.51. The summed E-state index contributed by atoms with van der Waals surface area (Å²) in [5.74, 6) is 0.225. The molecule has 0 fully saturated rings. The highest BCUT2D eigenvalue weighted by atomic mass is 35.5. The van der Waals surface area contributed by atoms with Gasteiger partial charge in [-0.25, -0.2) is 0 Å². The Labute approximate surface area is 178 Å². The second-order valence-corrected chi connectivity index (χ2v) is 7.74. The summed E-state index contributed by atoms with van der Waals surface area (Å²) in [7, 11) is 0. The molecule has 0 spiro atoms. The highest BCUT2D eigenvalue weighted by Crippen LogP contribution is 2.25. The number of carbonyl (C=O) groups is 1. The molecule has 1 amide bonds. The van der Waals surface area contributed by atoms with Crippen molar-refractivity contribution in [3.8, 4) is 5.75 Å². The molecule has 0 saturated carbocycles. The van der Waals surface area contributed by atoms with Crippen LogP contribution >= 0.6 is 11.6 Å². The van der Waals surface area contributed by atoms with Crippen LogP contribution in [-0.2, 0) is 4.79 Å². The number of benzene rings is 3. The maximum Gasteiger partial charge on any atom is 0.265 e. The Hall–Kier alpha value is -3.31. The van der Waals surface area contributed by atoms with Crippen molar-refractivity contribution in [1.29, 1.82) is 0 Å². The summed E-state index contributed by atoms with van der Waals surface area (Å²) < 4.78 is 11.7. The zero-order valence-corrected chi connectivity index (χ0v) is 17.5. The Morgan fingerprint density at radius 2 is 1.77 bits per heavy atom. The van der Waals surface area contributed by atoms with E-state index in [9.17, 15) is 9.59 Å². The zero-order chi connectivity index (χ0) is 21.4. The third-order valence-corrected chi connectivity index (χ3v) is 5.12. The minimum Gasteiger partial charge on any atom is -0.481 e. The van der Waals surface area contributed by atoms with Gasteiger partial charge in [0.1, 0.15) is 16.9 Å². The fourth-order valence-corrected chi connectivity index (χ4v) is 3.53. The van der Waals surface area contributed by atoms with E-state index in [-0.39, 0.29) is 11.3 Å². The first-order valence-electron chi connectivity index (χ1n) is 9.53. The second-order valence-electron chi connectivity index (χ2n) is 7.30. The van der Waals surface area contributed by atoms with Crippen LogP contribution < -0.4 is 15.5 Å². The van der Waals surface area contributed by atoms with Gasteiger partial charge in [-0.05, 0) is 74.4 Å². The summed E-state index contributed by atoms with van der Waals surface area (Å²) in [5, 5.41) is 4.42. The lowest BCUT2D eigenvalue weighted by Crippen LogP contribution is -2.30. The van der Waals surface area contributed by atoms with Crippen molar-refractivity contribution in [2.24, 2.45) is 0 Å². The Kier molecular flexibility index (Phi) is 5.22. The third kappa shape index (κ3) is 3.89. The molecule has 30 heavy (non-hydrogen) atoms. The van der Waals surface area contributed by atoms with Crippen molar-refractivity contribution in [3.63, 3.8) is 0 Å². The van der Waals surface area contributed by atoms with Crippen molar-refractivity contribution in [1.82, 2.24) is 0 Å². The molecule has 152 valence electrons. The van der Waals surface area contributed by atoms with Crippen LogP contribution in [0.5, 0.6) is 5.75 Å². The van der Waals surface area contributed by atoms with E-state index < -0.39 is 6.10 Å². The summed E-state index contributed by atoms with van der Waals surface area (Å²) in [6.07, 6.45) is -0.726. The molecule has 4 aromatic rings. The first kappa shape index (κ1) is 20.0. The van der Waals surface area contributed by atoms with Crippen molar-refractivity contribution in [2.75, 3.05) is 5.32 Å². The van der Waals surface area contributed by atoms with Gasteiger partial charge < -0.3 is 14.5 Å². The Balaban J connectivity index is 1.61. The smallest absolute Gasteiger partial charge is 0.265 e. The molecular formula is C24H20ClNO4. The summed E-state index contributed by atoms with van der Waals surface area (Å²) in [4.78, 5) is 25.4. The minimum absolute atomic E-state index is 0.0876. The largest absolute Gasteiger partial charge is 0.481 e. The number of hydrogen-bond donors (Lipinski definition) is 1. The minimum atomic E-state index is -0.726. The van der Waals surface area contributed by atoms with Crippen LogP contribution in [0, 0.1) is 13.8 Å². The maximum absolute atomic E-state index is 12.9. The van der Waals surface area contributed by atoms with Gasteiger partial charge in [0.15, 0.2) is 6.10 Å². The molecular weight excluding hydrogens is 402 g/mol. The fraction of sp³-hybridized carbons (Fsp3) is 0.167. The molecule has 0 aliphatic rings. The molecule has 1 aromatic heterocycles. The highest BCUT2D eigenvalue weighted by molar-refractivity contribution is 6.30. The number of rotatable bonds is 4. The molecule has 4 rings (SSSR count). The Morgan fingerprint density at radius 1 is 1.03 bits per heavy atom. The van der Waals surface area contributed by atoms with Gasteiger partial charge in [0.25, 0.3) is 5.91 Å². The van der Waals surface area contributed by atoms with Crippen LogP contribution in [0.15, 0.2) is 63.8 Å². The van der Waals surface area contributed by atoms with Gasteiger partial charge in [-0.15, -0.1) is 0 Å². The van der Waals surface area contributed by atoms with Crippen LogP contribution in [0.2, 0.25) is 5.02 Å². The van der Waals surface area contributed by atoms with Gasteiger partial charge in [-0.3, -0.25) is 9.59 Å². The van der Waals surface area contributed by atoms with Crippen LogP contribution in [-0.4, -0.2) is 12.0 Å². The van der Waals surface area contributed by atoms with Crippen molar-refractivity contribution in [3.05, 3.63) is 81.0 Å². The number of amides is 1. The molecule has 5 nitrogen and oxygen atoms in total. The van der Waals surface area contributed by atoms with Gasteiger partial charge in [0.2, 0.25) is 5.43 Å². The van der Waals surface area contributed by atoms with E-state index in [4.69, 9.17) is 20.8 Å². The molecule has 0 aliphatic heterocycles. The third-order valence-electron chi connectivity index (χ3n) is 4.87. The van der Waals surface area contributed by atoms with Gasteiger partial charge in [-0.2, -0.15) is 0 Å². The Bertz CT molecular complexity index is 1330. The molecule has 3 aromatic carbocycles. The number of fused-ring (bicyclic) bond motifs is 2. The maximum atomic E-state index is 12.9. The molecule has 0 saturated heterocycles. The highest BCUT2D eigenvalue weighted by Gasteiger charge is 2.16. The first-order chi connectivity index (χ1) is 14.3. The Morgan fingerprint density at radius 3 is 2.50 bits per heavy atom. The molecule has 6 heteroatoms. The van der Waals surface area contributed by atoms with Gasteiger partial charge in [0, 0.05) is 16.8 Å². The molecule has 1 N–H and O–H groups in total. The summed E-state index contributed by atoms with van der Waals surface area (Å²) >= 11 is 5.86. The summed E-state index contributed by atoms with van der Waals surface area (Å²) in [6, 6.07) is 15.6. The zero-order valence-electron chi connectivity index (χ0n) is 16.8. The number of halogens is 1. The molecule has 0 radical (unpaired) electrons. The van der Waals surface area contributed by atoms with Crippen LogP contribution in [0.1, 0.15) is 18.1 Å². The van der Waals surface area contributed by atoms with Crippen LogP contribution in [0.4, 0.5) is 5.69 Å². The van der Waals surface area contributed by atoms with E-state index in [2.05, 4.69) is 5.32 Å². The number of hydrogen-bond acceptors (Lipinski definition) is 4. The van der Waals surface area contributed by atoms with Crippen LogP contribution in [0.25, 0.3) is 21.9 Å². The topological polar surface area (TPSA) is 68.5 Å². The van der Waals surface area contributed by atoms with Gasteiger partial charge >= 0.3 is 0 Å². The van der Waals surface area contributed by atoms with E-state index in [1.165, 1.54) is 0 Å². The predicted octanol–water partition coefficient (Wildman–Crippen LogP) is 5.62. The van der Waals surface area contributed by atoms with Crippen molar-refractivity contribution in [2.45, 2.75) is 26.9 Å². The lowest BCUT2D eigenvalue weighted by molar-refractivity contribution is -0.122. The van der Waals surface area contributed by atoms with Crippen molar-refractivity contribution >= 4 is 45.1 Å². The van der Waals surface area contributed by atoms with E-state index in [0.717, 1.165) is 11.1 Å². The molecule has 0 aliphatic carbocycles. The van der Waals surface area contributed by atoms with E-state index in [1.807, 2.05) is 26.0 Å². The summed E-state index contributed by atoms with van der Waals surface area (Å²) in [5.41, 5.74) is 3.31. The SMILES string of the molecule is Cc1cc(C)c2oc3cc(NC(=O)C(C)Oc4ccc(Cl)cc4)ccc3c(=O)c2c1. The normalized spacial score (nSPS) is 12.1. The van der Waals surface area contributed by atoms with Crippen LogP contribution in [0.3, 0.4) is 0 Å². The van der Waals surface area contributed by atoms with Gasteiger partial charge in [0.05, 0.1) is 10.8 Å². The lowest BCUT2D eigenvalue weighted by atomic mass is 10.1.